The molecule has 0 aromatic heterocycles. The summed E-state index contributed by atoms with van der Waals surface area (Å²) < 4.78 is 21.7. The van der Waals surface area contributed by atoms with E-state index in [1.54, 1.807) is 24.3 Å². The molecule has 0 bridgehead atoms. The van der Waals surface area contributed by atoms with E-state index in [0.29, 0.717) is 17.1 Å². The molecule has 0 saturated carbocycles. The Hall–Kier alpha value is -3.23. The van der Waals surface area contributed by atoms with Gasteiger partial charge in [-0.1, -0.05) is 29.8 Å². The van der Waals surface area contributed by atoms with Gasteiger partial charge in [0.2, 0.25) is 0 Å². The summed E-state index contributed by atoms with van der Waals surface area (Å²) in [5.41, 5.74) is 0.623. The third-order valence-corrected chi connectivity index (χ3v) is 5.68. The maximum absolute atomic E-state index is 13.2. The summed E-state index contributed by atoms with van der Waals surface area (Å²) in [6.45, 7) is 4.10. The second kappa shape index (κ2) is 10.8. The zero-order chi connectivity index (χ0) is 25.0. The number of likely N-dealkylation sites (tertiary alicyclic amines) is 1. The largest absolute Gasteiger partial charge is 0.507 e. The van der Waals surface area contributed by atoms with E-state index in [-0.39, 0.29) is 41.2 Å². The SMILES string of the molecule is COCCN1C(=O)C(=O)/C(=C(/O)c2cc(Cl)c(OC)cc2OC)C1c1ccccc1OC(C)C. The van der Waals surface area contributed by atoms with Crippen LogP contribution in [0.3, 0.4) is 0 Å². The maximum Gasteiger partial charge on any atom is 0.295 e. The molecule has 0 radical (unpaired) electrons. The van der Waals surface area contributed by atoms with Gasteiger partial charge in [0.05, 0.1) is 49.1 Å². The zero-order valence-electron chi connectivity index (χ0n) is 19.8. The summed E-state index contributed by atoms with van der Waals surface area (Å²) in [5.74, 6) is -0.926. The monoisotopic (exact) mass is 489 g/mol. The zero-order valence-corrected chi connectivity index (χ0v) is 20.5. The number of ketones is 1. The average molecular weight is 490 g/mol. The number of hydrogen-bond acceptors (Lipinski definition) is 7. The summed E-state index contributed by atoms with van der Waals surface area (Å²) in [4.78, 5) is 27.7. The molecule has 1 aliphatic heterocycles. The molecule has 1 amide bonds. The molecule has 1 aliphatic rings. The molecule has 0 spiro atoms. The Kier molecular flexibility index (Phi) is 8.06. The molecule has 8 nitrogen and oxygen atoms in total. The van der Waals surface area contributed by atoms with Crippen LogP contribution >= 0.6 is 11.6 Å². The van der Waals surface area contributed by atoms with E-state index in [9.17, 15) is 14.7 Å². The number of aliphatic hydroxyl groups is 1. The molecule has 1 fully saturated rings. The highest BCUT2D eigenvalue weighted by Crippen LogP contribution is 2.45. The Balaban J connectivity index is 2.28. The number of halogens is 1. The number of carbonyl (C=O) groups is 2. The quantitative estimate of drug-likeness (QED) is 0.320. The molecule has 1 N–H and O–H groups in total. The van der Waals surface area contributed by atoms with Gasteiger partial charge >= 0.3 is 0 Å². The van der Waals surface area contributed by atoms with Crippen molar-refractivity contribution in [3.05, 3.63) is 58.1 Å². The Morgan fingerprint density at radius 1 is 1.06 bits per heavy atom. The molecule has 0 aliphatic carbocycles. The van der Waals surface area contributed by atoms with Gasteiger partial charge in [-0.05, 0) is 26.0 Å². The first kappa shape index (κ1) is 25.4. The van der Waals surface area contributed by atoms with Crippen molar-refractivity contribution >= 4 is 29.1 Å². The van der Waals surface area contributed by atoms with Crippen LogP contribution in [0.25, 0.3) is 5.76 Å². The van der Waals surface area contributed by atoms with Crippen molar-refractivity contribution < 1.29 is 33.6 Å². The van der Waals surface area contributed by atoms with Crippen molar-refractivity contribution in [1.82, 2.24) is 4.90 Å². The van der Waals surface area contributed by atoms with Crippen LogP contribution in [-0.4, -0.2) is 62.3 Å². The molecule has 1 atom stereocenters. The van der Waals surface area contributed by atoms with Crippen molar-refractivity contribution in [2.24, 2.45) is 0 Å². The smallest absolute Gasteiger partial charge is 0.295 e. The highest BCUT2D eigenvalue weighted by atomic mass is 35.5. The van der Waals surface area contributed by atoms with Crippen LogP contribution in [0.4, 0.5) is 0 Å². The minimum Gasteiger partial charge on any atom is -0.507 e. The van der Waals surface area contributed by atoms with E-state index in [0.717, 1.165) is 0 Å². The van der Waals surface area contributed by atoms with E-state index >= 15 is 0 Å². The number of hydrogen-bond donors (Lipinski definition) is 1. The number of methoxy groups -OCH3 is 3. The van der Waals surface area contributed by atoms with Gasteiger partial charge < -0.3 is 29.0 Å². The summed E-state index contributed by atoms with van der Waals surface area (Å²) in [6, 6.07) is 9.14. The third-order valence-electron chi connectivity index (χ3n) is 5.38. The van der Waals surface area contributed by atoms with Crippen molar-refractivity contribution in [3.63, 3.8) is 0 Å². The fraction of sp³-hybridized carbons (Fsp3) is 0.360. The van der Waals surface area contributed by atoms with Crippen molar-refractivity contribution in [1.29, 1.82) is 0 Å². The van der Waals surface area contributed by atoms with Crippen LogP contribution < -0.4 is 14.2 Å². The highest BCUT2D eigenvalue weighted by Gasteiger charge is 2.47. The highest BCUT2D eigenvalue weighted by molar-refractivity contribution is 6.46. The standard InChI is InChI=1S/C25H28ClNO7/c1-14(2)34-18-9-7-6-8-15(18)22-21(24(29)25(30)27(22)10-11-31-3)23(28)16-12-17(26)20(33-5)13-19(16)32-4/h6-9,12-14,22,28H,10-11H2,1-5H3/b23-21+. The predicted molar refractivity (Wildman–Crippen MR) is 128 cm³/mol. The number of nitrogens with zero attached hydrogens (tertiary/aromatic N) is 1. The lowest BCUT2D eigenvalue weighted by atomic mass is 9.94. The first-order chi connectivity index (χ1) is 16.2. The Labute approximate surface area is 203 Å². The molecular formula is C25H28ClNO7. The van der Waals surface area contributed by atoms with Crippen LogP contribution in [0.1, 0.15) is 31.0 Å². The van der Waals surface area contributed by atoms with Crippen LogP contribution in [0.5, 0.6) is 17.2 Å². The lowest BCUT2D eigenvalue weighted by molar-refractivity contribution is -0.140. The maximum atomic E-state index is 13.2. The normalized spacial score (nSPS) is 17.4. The summed E-state index contributed by atoms with van der Waals surface area (Å²) in [6.07, 6.45) is -0.150. The number of benzene rings is 2. The molecule has 1 heterocycles. The molecule has 9 heteroatoms. The van der Waals surface area contributed by atoms with Gasteiger partial charge in [-0.3, -0.25) is 9.59 Å². The van der Waals surface area contributed by atoms with Gasteiger partial charge in [0.1, 0.15) is 23.0 Å². The average Bonchev–Trinajstić information content (AvgIpc) is 3.06. The number of aliphatic hydroxyl groups excluding tert-OH is 1. The Bertz CT molecular complexity index is 1110. The molecule has 3 rings (SSSR count). The van der Waals surface area contributed by atoms with E-state index in [1.165, 1.54) is 38.4 Å². The third kappa shape index (κ3) is 4.83. The topological polar surface area (TPSA) is 94.5 Å². The molecule has 182 valence electrons. The molecule has 2 aromatic rings. The van der Waals surface area contributed by atoms with E-state index in [1.807, 2.05) is 13.8 Å². The molecular weight excluding hydrogens is 462 g/mol. The van der Waals surface area contributed by atoms with Gasteiger partial charge in [-0.2, -0.15) is 0 Å². The first-order valence-electron chi connectivity index (χ1n) is 10.7. The van der Waals surface area contributed by atoms with Gasteiger partial charge in [0.25, 0.3) is 11.7 Å². The van der Waals surface area contributed by atoms with E-state index in [4.69, 9.17) is 30.5 Å². The minimum absolute atomic E-state index is 0.0968. The number of carbonyl (C=O) groups excluding carboxylic acids is 2. The molecule has 2 aromatic carbocycles. The second-order valence-electron chi connectivity index (χ2n) is 7.88. The van der Waals surface area contributed by atoms with E-state index < -0.39 is 23.5 Å². The molecule has 1 saturated heterocycles. The first-order valence-corrected chi connectivity index (χ1v) is 11.1. The lowest BCUT2D eigenvalue weighted by Gasteiger charge is -2.27. The summed E-state index contributed by atoms with van der Waals surface area (Å²) in [7, 11) is 4.37. The van der Waals surface area contributed by atoms with Gasteiger partial charge in [0, 0.05) is 25.3 Å². The number of ether oxygens (including phenoxy) is 4. The Morgan fingerprint density at radius 3 is 2.35 bits per heavy atom. The van der Waals surface area contributed by atoms with Crippen LogP contribution in [-0.2, 0) is 14.3 Å². The Morgan fingerprint density at radius 2 is 1.74 bits per heavy atom. The van der Waals surface area contributed by atoms with E-state index in [2.05, 4.69) is 0 Å². The predicted octanol–water partition coefficient (Wildman–Crippen LogP) is 4.21. The van der Waals surface area contributed by atoms with Crippen LogP contribution in [0, 0.1) is 0 Å². The van der Waals surface area contributed by atoms with Gasteiger partial charge in [-0.15, -0.1) is 0 Å². The van der Waals surface area contributed by atoms with Crippen LogP contribution in [0.15, 0.2) is 42.0 Å². The summed E-state index contributed by atoms with van der Waals surface area (Å²) >= 11 is 6.29. The van der Waals surface area contributed by atoms with Crippen molar-refractivity contribution in [2.75, 3.05) is 34.5 Å². The fourth-order valence-corrected chi connectivity index (χ4v) is 4.12. The minimum atomic E-state index is -0.907. The number of rotatable bonds is 9. The molecule has 34 heavy (non-hydrogen) atoms. The second-order valence-corrected chi connectivity index (χ2v) is 8.28. The van der Waals surface area contributed by atoms with Crippen LogP contribution in [0.2, 0.25) is 5.02 Å². The number of para-hydroxylation sites is 1. The molecule has 1 unspecified atom stereocenters. The van der Waals surface area contributed by atoms with Crippen molar-refractivity contribution in [3.8, 4) is 17.2 Å². The summed E-state index contributed by atoms with van der Waals surface area (Å²) in [5, 5.41) is 11.6. The number of amides is 1. The lowest BCUT2D eigenvalue weighted by Crippen LogP contribution is -2.33. The van der Waals surface area contributed by atoms with Crippen molar-refractivity contribution in [2.45, 2.75) is 26.0 Å². The number of Topliss-reactive ketones (excluding diaryl/α,β-unsaturated/α-hetero) is 1. The fourth-order valence-electron chi connectivity index (χ4n) is 3.88. The van der Waals surface area contributed by atoms with Gasteiger partial charge in [-0.25, -0.2) is 0 Å². The van der Waals surface area contributed by atoms with Gasteiger partial charge in [0.15, 0.2) is 0 Å².